The standard InChI is InChI=1S/C28H26BrN5O7/c1-4-17(3)27-31-23-10-9-20(29)14-22(23)28(35)32(27)30-15-19-12-24(34(38)39)26(25(13-19)40-5-2)41-16-18-7-6-8-21(11-18)33(36)37/h6-15,17H,4-5,16H2,1-3H3/t17-/m1/s1. The topological polar surface area (TPSA) is 152 Å². The summed E-state index contributed by atoms with van der Waals surface area (Å²) in [4.78, 5) is 40.1. The molecular formula is C28H26BrN5O7. The molecule has 41 heavy (non-hydrogen) atoms. The highest BCUT2D eigenvalue weighted by Gasteiger charge is 2.23. The minimum absolute atomic E-state index is 0.0867. The molecule has 0 saturated heterocycles. The summed E-state index contributed by atoms with van der Waals surface area (Å²) in [6.45, 7) is 5.65. The highest BCUT2D eigenvalue weighted by Crippen LogP contribution is 2.39. The zero-order valence-electron chi connectivity index (χ0n) is 22.4. The third-order valence-electron chi connectivity index (χ3n) is 6.27. The van der Waals surface area contributed by atoms with E-state index in [1.807, 2.05) is 13.8 Å². The van der Waals surface area contributed by atoms with Gasteiger partial charge in [-0.15, -0.1) is 0 Å². The van der Waals surface area contributed by atoms with Crippen molar-refractivity contribution in [3.05, 3.63) is 107 Å². The molecule has 0 saturated carbocycles. The van der Waals surface area contributed by atoms with Crippen LogP contribution in [0.3, 0.4) is 0 Å². The summed E-state index contributed by atoms with van der Waals surface area (Å²) in [5.74, 6) is 0.324. The monoisotopic (exact) mass is 623 g/mol. The molecule has 0 unspecified atom stereocenters. The van der Waals surface area contributed by atoms with Gasteiger partial charge >= 0.3 is 5.69 Å². The van der Waals surface area contributed by atoms with E-state index in [9.17, 15) is 25.0 Å². The van der Waals surface area contributed by atoms with Crippen LogP contribution in [0.25, 0.3) is 10.9 Å². The zero-order valence-corrected chi connectivity index (χ0v) is 24.0. The fourth-order valence-electron chi connectivity index (χ4n) is 4.04. The van der Waals surface area contributed by atoms with Crippen LogP contribution in [0.5, 0.6) is 11.5 Å². The zero-order chi connectivity index (χ0) is 29.7. The van der Waals surface area contributed by atoms with E-state index in [0.29, 0.717) is 38.7 Å². The lowest BCUT2D eigenvalue weighted by Gasteiger charge is -2.14. The molecule has 12 nitrogen and oxygen atoms in total. The van der Waals surface area contributed by atoms with Crippen molar-refractivity contribution in [2.45, 2.75) is 39.7 Å². The van der Waals surface area contributed by atoms with Gasteiger partial charge in [0.25, 0.3) is 11.2 Å². The molecule has 0 amide bonds. The van der Waals surface area contributed by atoms with Crippen LogP contribution in [0.15, 0.2) is 69.0 Å². The van der Waals surface area contributed by atoms with Crippen LogP contribution in [-0.4, -0.2) is 32.3 Å². The number of nitrogens with zero attached hydrogens (tertiary/aromatic N) is 5. The van der Waals surface area contributed by atoms with Gasteiger partial charge in [-0.2, -0.15) is 9.78 Å². The average molecular weight is 624 g/mol. The van der Waals surface area contributed by atoms with Crippen LogP contribution in [0.4, 0.5) is 11.4 Å². The summed E-state index contributed by atoms with van der Waals surface area (Å²) in [5, 5.41) is 27.9. The summed E-state index contributed by atoms with van der Waals surface area (Å²) in [6, 6.07) is 13.8. The normalized spacial score (nSPS) is 12.0. The third kappa shape index (κ3) is 6.57. The third-order valence-corrected chi connectivity index (χ3v) is 6.76. The number of non-ortho nitro benzene ring substituents is 1. The summed E-state index contributed by atoms with van der Waals surface area (Å²) < 4.78 is 13.3. The fourth-order valence-corrected chi connectivity index (χ4v) is 4.41. The number of ether oxygens (including phenoxy) is 2. The minimum atomic E-state index is -0.617. The van der Waals surface area contributed by atoms with Gasteiger partial charge in [-0.3, -0.25) is 25.0 Å². The Hall–Kier alpha value is -4.65. The van der Waals surface area contributed by atoms with Gasteiger partial charge < -0.3 is 9.47 Å². The number of benzene rings is 3. The van der Waals surface area contributed by atoms with Crippen molar-refractivity contribution in [3.63, 3.8) is 0 Å². The van der Waals surface area contributed by atoms with Crippen molar-refractivity contribution < 1.29 is 19.3 Å². The number of hydrogen-bond acceptors (Lipinski definition) is 9. The first-order valence-electron chi connectivity index (χ1n) is 12.7. The van der Waals surface area contributed by atoms with Crippen LogP contribution < -0.4 is 15.0 Å². The molecule has 0 aliphatic heterocycles. The van der Waals surface area contributed by atoms with Crippen molar-refractivity contribution in [3.8, 4) is 11.5 Å². The van der Waals surface area contributed by atoms with Gasteiger partial charge in [0.15, 0.2) is 5.75 Å². The molecule has 13 heteroatoms. The molecule has 4 rings (SSSR count). The summed E-state index contributed by atoms with van der Waals surface area (Å²) in [7, 11) is 0. The molecule has 1 aromatic heterocycles. The summed E-state index contributed by atoms with van der Waals surface area (Å²) in [6.07, 6.45) is 2.04. The van der Waals surface area contributed by atoms with E-state index in [0.717, 1.165) is 0 Å². The molecule has 0 fully saturated rings. The van der Waals surface area contributed by atoms with Gasteiger partial charge in [-0.05, 0) is 43.2 Å². The lowest BCUT2D eigenvalue weighted by molar-refractivity contribution is -0.386. The first-order valence-corrected chi connectivity index (χ1v) is 13.5. The van der Waals surface area contributed by atoms with Gasteiger partial charge in [-0.25, -0.2) is 4.98 Å². The van der Waals surface area contributed by atoms with Gasteiger partial charge in [0.2, 0.25) is 5.75 Å². The predicted molar refractivity (Wildman–Crippen MR) is 157 cm³/mol. The molecule has 3 aromatic carbocycles. The number of hydrogen-bond donors (Lipinski definition) is 0. The number of rotatable bonds is 11. The van der Waals surface area contributed by atoms with Crippen LogP contribution in [-0.2, 0) is 6.61 Å². The predicted octanol–water partition coefficient (Wildman–Crippen LogP) is 6.35. The van der Waals surface area contributed by atoms with Crippen LogP contribution in [0.2, 0.25) is 0 Å². The Balaban J connectivity index is 1.77. The van der Waals surface area contributed by atoms with Crippen LogP contribution >= 0.6 is 15.9 Å². The highest BCUT2D eigenvalue weighted by molar-refractivity contribution is 9.10. The second-order valence-corrected chi connectivity index (χ2v) is 9.99. The SMILES string of the molecule is CCOc1cc(C=Nn2c([C@H](C)CC)nc3ccc(Br)cc3c2=O)cc([N+](=O)[O-])c1OCc1cccc([N+](=O)[O-])c1. The smallest absolute Gasteiger partial charge is 0.315 e. The Labute approximate surface area is 242 Å². The maximum absolute atomic E-state index is 13.4. The van der Waals surface area contributed by atoms with Crippen molar-refractivity contribution in [1.29, 1.82) is 0 Å². The first-order chi connectivity index (χ1) is 19.6. The van der Waals surface area contributed by atoms with E-state index in [4.69, 9.17) is 9.47 Å². The largest absolute Gasteiger partial charge is 0.490 e. The molecular weight excluding hydrogens is 598 g/mol. The molecule has 1 heterocycles. The quantitative estimate of drug-likeness (QED) is 0.106. The van der Waals surface area contributed by atoms with Crippen molar-refractivity contribution in [2.75, 3.05) is 6.61 Å². The first kappa shape index (κ1) is 29.3. The highest BCUT2D eigenvalue weighted by atomic mass is 79.9. The fraction of sp³-hybridized carbons (Fsp3) is 0.250. The van der Waals surface area contributed by atoms with Crippen molar-refractivity contribution in [2.24, 2.45) is 5.10 Å². The van der Waals surface area contributed by atoms with Crippen molar-refractivity contribution >= 4 is 44.4 Å². The Morgan fingerprint density at radius 2 is 1.85 bits per heavy atom. The number of fused-ring (bicyclic) bond motifs is 1. The molecule has 0 spiro atoms. The average Bonchev–Trinajstić information content (AvgIpc) is 2.95. The maximum Gasteiger partial charge on any atom is 0.315 e. The molecule has 212 valence electrons. The summed E-state index contributed by atoms with van der Waals surface area (Å²) >= 11 is 3.38. The van der Waals surface area contributed by atoms with E-state index < -0.39 is 15.5 Å². The minimum Gasteiger partial charge on any atom is -0.490 e. The number of halogens is 1. The molecule has 0 radical (unpaired) electrons. The van der Waals surface area contributed by atoms with Crippen LogP contribution in [0.1, 0.15) is 50.1 Å². The Bertz CT molecular complexity index is 1720. The van der Waals surface area contributed by atoms with E-state index >= 15 is 0 Å². The molecule has 0 N–H and O–H groups in total. The molecule has 0 aliphatic carbocycles. The molecule has 1 atom stereocenters. The molecule has 0 bridgehead atoms. The number of nitro groups is 2. The van der Waals surface area contributed by atoms with Gasteiger partial charge in [0.05, 0.1) is 33.6 Å². The Morgan fingerprint density at radius 3 is 2.54 bits per heavy atom. The Kier molecular flexibility index (Phi) is 9.07. The Morgan fingerprint density at radius 1 is 1.07 bits per heavy atom. The maximum atomic E-state index is 13.4. The lowest BCUT2D eigenvalue weighted by Crippen LogP contribution is -2.23. The van der Waals surface area contributed by atoms with Gasteiger partial charge in [-0.1, -0.05) is 41.9 Å². The van der Waals surface area contributed by atoms with Crippen molar-refractivity contribution in [1.82, 2.24) is 9.66 Å². The van der Waals surface area contributed by atoms with E-state index in [2.05, 4.69) is 26.0 Å². The van der Waals surface area contributed by atoms with E-state index in [1.165, 1.54) is 41.2 Å². The second kappa shape index (κ2) is 12.7. The van der Waals surface area contributed by atoms with Gasteiger partial charge in [0.1, 0.15) is 12.4 Å². The van der Waals surface area contributed by atoms with Gasteiger partial charge in [0, 0.05) is 34.2 Å². The molecule has 0 aliphatic rings. The lowest BCUT2D eigenvalue weighted by atomic mass is 10.1. The van der Waals surface area contributed by atoms with E-state index in [1.54, 1.807) is 31.2 Å². The van der Waals surface area contributed by atoms with Crippen LogP contribution in [0, 0.1) is 20.2 Å². The molecule has 4 aromatic rings. The van der Waals surface area contributed by atoms with E-state index in [-0.39, 0.29) is 41.9 Å². The number of aromatic nitrogens is 2. The second-order valence-electron chi connectivity index (χ2n) is 9.08. The summed E-state index contributed by atoms with van der Waals surface area (Å²) in [5.41, 5.74) is 0.393. The number of nitro benzene ring substituents is 2.